The molecule has 3 rings (SSSR count). The molecular formula is C15H17N5O3. The summed E-state index contributed by atoms with van der Waals surface area (Å²) >= 11 is 0. The van der Waals surface area contributed by atoms with Crippen molar-refractivity contribution in [3.8, 4) is 0 Å². The van der Waals surface area contributed by atoms with Gasteiger partial charge in [0.15, 0.2) is 0 Å². The van der Waals surface area contributed by atoms with Gasteiger partial charge >= 0.3 is 6.03 Å². The molecule has 2 aromatic heterocycles. The van der Waals surface area contributed by atoms with E-state index in [0.717, 1.165) is 16.9 Å². The minimum absolute atomic E-state index is 0.158. The molecule has 1 saturated heterocycles. The lowest BCUT2D eigenvalue weighted by atomic mass is 10.1. The Morgan fingerprint density at radius 2 is 2.17 bits per heavy atom. The molecule has 2 aromatic rings. The number of carbonyl (C=O) groups is 3. The van der Waals surface area contributed by atoms with Crippen LogP contribution in [0.15, 0.2) is 24.5 Å². The first-order valence-electron chi connectivity index (χ1n) is 7.33. The number of imide groups is 1. The number of aryl methyl sites for hydroxylation is 1. The van der Waals surface area contributed by atoms with Crippen LogP contribution in [-0.4, -0.2) is 33.3 Å². The van der Waals surface area contributed by atoms with Crippen molar-refractivity contribution in [1.82, 2.24) is 25.3 Å². The second-order valence-electron chi connectivity index (χ2n) is 5.53. The quantitative estimate of drug-likeness (QED) is 0.688. The van der Waals surface area contributed by atoms with Gasteiger partial charge in [-0.25, -0.2) is 9.78 Å². The number of urea groups is 1. The largest absolute Gasteiger partial charge is 0.350 e. The summed E-state index contributed by atoms with van der Waals surface area (Å²) in [6, 6.07) is 2.75. The number of carbonyl (C=O) groups excluding carboxylic acids is 3. The van der Waals surface area contributed by atoms with E-state index in [0.29, 0.717) is 6.54 Å². The molecule has 0 aliphatic carbocycles. The average molecular weight is 315 g/mol. The van der Waals surface area contributed by atoms with E-state index in [1.54, 1.807) is 0 Å². The van der Waals surface area contributed by atoms with Crippen molar-refractivity contribution in [2.45, 2.75) is 32.4 Å². The summed E-state index contributed by atoms with van der Waals surface area (Å²) in [7, 11) is 0. The van der Waals surface area contributed by atoms with Crippen LogP contribution in [0, 0.1) is 6.92 Å². The first-order chi connectivity index (χ1) is 11.0. The van der Waals surface area contributed by atoms with Gasteiger partial charge in [0.2, 0.25) is 5.91 Å². The Kier molecular flexibility index (Phi) is 3.96. The smallest absolute Gasteiger partial charge is 0.322 e. The Labute approximate surface area is 132 Å². The van der Waals surface area contributed by atoms with Crippen LogP contribution in [0.2, 0.25) is 0 Å². The summed E-state index contributed by atoms with van der Waals surface area (Å²) in [6.07, 6.45) is 4.26. The van der Waals surface area contributed by atoms with E-state index < -0.39 is 18.0 Å². The van der Waals surface area contributed by atoms with Crippen LogP contribution >= 0.6 is 0 Å². The van der Waals surface area contributed by atoms with Crippen LogP contribution in [-0.2, 0) is 16.1 Å². The Morgan fingerprint density at radius 3 is 2.91 bits per heavy atom. The molecule has 0 spiro atoms. The third-order valence-corrected chi connectivity index (χ3v) is 3.63. The van der Waals surface area contributed by atoms with Gasteiger partial charge in [0.05, 0.1) is 12.2 Å². The second-order valence-corrected chi connectivity index (χ2v) is 5.53. The van der Waals surface area contributed by atoms with E-state index >= 15 is 0 Å². The lowest BCUT2D eigenvalue weighted by Crippen LogP contribution is -2.31. The first kappa shape index (κ1) is 15.0. The monoisotopic (exact) mass is 315 g/mol. The SMILES string of the molecule is Cc1ccc2nc(CNC(=O)CC[C@@H]3NC(=O)NC3=O)cn2c1. The molecule has 0 bridgehead atoms. The lowest BCUT2D eigenvalue weighted by molar-refractivity contribution is -0.122. The van der Waals surface area contributed by atoms with E-state index in [1.165, 1.54) is 0 Å². The topological polar surface area (TPSA) is 105 Å². The van der Waals surface area contributed by atoms with E-state index in [9.17, 15) is 14.4 Å². The Balaban J connectivity index is 1.50. The molecule has 120 valence electrons. The van der Waals surface area contributed by atoms with Crippen LogP contribution in [0.5, 0.6) is 0 Å². The van der Waals surface area contributed by atoms with Crippen molar-refractivity contribution >= 4 is 23.5 Å². The van der Waals surface area contributed by atoms with Crippen LogP contribution in [0.4, 0.5) is 4.79 Å². The number of imidazole rings is 1. The number of nitrogens with one attached hydrogen (secondary N) is 3. The summed E-state index contributed by atoms with van der Waals surface area (Å²) in [6.45, 7) is 2.32. The molecule has 8 heteroatoms. The van der Waals surface area contributed by atoms with Gasteiger partial charge in [0.1, 0.15) is 11.7 Å². The number of hydrogen-bond acceptors (Lipinski definition) is 4. The molecule has 0 aromatic carbocycles. The van der Waals surface area contributed by atoms with Gasteiger partial charge in [-0.05, 0) is 25.0 Å². The van der Waals surface area contributed by atoms with Gasteiger partial charge in [0, 0.05) is 18.8 Å². The van der Waals surface area contributed by atoms with Crippen molar-refractivity contribution in [3.63, 3.8) is 0 Å². The predicted octanol–water partition coefficient (Wildman–Crippen LogP) is 0.247. The van der Waals surface area contributed by atoms with Gasteiger partial charge < -0.3 is 15.0 Å². The second kappa shape index (κ2) is 6.07. The maximum Gasteiger partial charge on any atom is 0.322 e. The summed E-state index contributed by atoms with van der Waals surface area (Å²) in [5.74, 6) is -0.578. The number of nitrogens with zero attached hydrogens (tertiary/aromatic N) is 2. The van der Waals surface area contributed by atoms with E-state index in [2.05, 4.69) is 20.9 Å². The molecule has 1 atom stereocenters. The van der Waals surface area contributed by atoms with E-state index in [-0.39, 0.29) is 18.7 Å². The number of fused-ring (bicyclic) bond motifs is 1. The maximum atomic E-state index is 11.8. The zero-order valence-electron chi connectivity index (χ0n) is 12.6. The molecule has 3 heterocycles. The fraction of sp³-hybridized carbons (Fsp3) is 0.333. The van der Waals surface area contributed by atoms with Crippen LogP contribution in [0.25, 0.3) is 5.65 Å². The fourth-order valence-electron chi connectivity index (χ4n) is 2.46. The number of pyridine rings is 1. The van der Waals surface area contributed by atoms with Crippen LogP contribution < -0.4 is 16.0 Å². The zero-order valence-corrected chi connectivity index (χ0v) is 12.6. The van der Waals surface area contributed by atoms with Crippen LogP contribution in [0.3, 0.4) is 0 Å². The zero-order chi connectivity index (χ0) is 16.4. The molecular weight excluding hydrogens is 298 g/mol. The molecule has 3 N–H and O–H groups in total. The molecule has 0 unspecified atom stereocenters. The average Bonchev–Trinajstić information content (AvgIpc) is 3.04. The number of amides is 4. The van der Waals surface area contributed by atoms with Gasteiger partial charge in [-0.1, -0.05) is 6.07 Å². The Hall–Kier alpha value is -2.90. The van der Waals surface area contributed by atoms with Crippen molar-refractivity contribution in [2.24, 2.45) is 0 Å². The molecule has 4 amide bonds. The minimum atomic E-state index is -0.633. The van der Waals surface area contributed by atoms with Crippen molar-refractivity contribution in [3.05, 3.63) is 35.8 Å². The van der Waals surface area contributed by atoms with E-state index in [4.69, 9.17) is 0 Å². The predicted molar refractivity (Wildman–Crippen MR) is 81.5 cm³/mol. The third kappa shape index (κ3) is 3.47. The highest BCUT2D eigenvalue weighted by atomic mass is 16.2. The van der Waals surface area contributed by atoms with Gasteiger partial charge in [-0.2, -0.15) is 0 Å². The van der Waals surface area contributed by atoms with Gasteiger partial charge in [-0.15, -0.1) is 0 Å². The number of hydrogen-bond donors (Lipinski definition) is 3. The highest BCUT2D eigenvalue weighted by molar-refractivity contribution is 6.04. The lowest BCUT2D eigenvalue weighted by Gasteiger charge is -2.07. The maximum absolute atomic E-state index is 11.8. The summed E-state index contributed by atoms with van der Waals surface area (Å²) in [4.78, 5) is 38.6. The van der Waals surface area contributed by atoms with Crippen molar-refractivity contribution in [2.75, 3.05) is 0 Å². The molecule has 8 nitrogen and oxygen atoms in total. The van der Waals surface area contributed by atoms with Gasteiger partial charge in [-0.3, -0.25) is 14.9 Å². The van der Waals surface area contributed by atoms with Crippen molar-refractivity contribution < 1.29 is 14.4 Å². The van der Waals surface area contributed by atoms with Crippen molar-refractivity contribution in [1.29, 1.82) is 0 Å². The standard InChI is InChI=1S/C15H17N5O3/c1-9-2-4-12-17-10(8-20(12)7-9)6-16-13(21)5-3-11-14(22)19-15(23)18-11/h2,4,7-8,11H,3,5-6H2,1H3,(H,16,21)(H2,18,19,22,23)/t11-/m0/s1. The number of aromatic nitrogens is 2. The summed E-state index contributed by atoms with van der Waals surface area (Å²) < 4.78 is 1.91. The molecule has 1 fully saturated rings. The van der Waals surface area contributed by atoms with E-state index in [1.807, 2.05) is 35.9 Å². The minimum Gasteiger partial charge on any atom is -0.350 e. The fourth-order valence-corrected chi connectivity index (χ4v) is 2.46. The summed E-state index contributed by atoms with van der Waals surface area (Å²) in [5.41, 5.74) is 2.71. The molecule has 1 aliphatic heterocycles. The highest BCUT2D eigenvalue weighted by Gasteiger charge is 2.29. The number of rotatable bonds is 5. The summed E-state index contributed by atoms with van der Waals surface area (Å²) in [5, 5.41) is 7.36. The van der Waals surface area contributed by atoms with Crippen LogP contribution in [0.1, 0.15) is 24.1 Å². The molecule has 0 saturated carbocycles. The van der Waals surface area contributed by atoms with Gasteiger partial charge in [0.25, 0.3) is 5.91 Å². The molecule has 1 aliphatic rings. The highest BCUT2D eigenvalue weighted by Crippen LogP contribution is 2.07. The third-order valence-electron chi connectivity index (χ3n) is 3.63. The molecule has 23 heavy (non-hydrogen) atoms. The normalized spacial score (nSPS) is 17.2. The molecule has 0 radical (unpaired) electrons. The first-order valence-corrected chi connectivity index (χ1v) is 7.33. The Morgan fingerprint density at radius 1 is 1.35 bits per heavy atom. The Bertz CT molecular complexity index is 783.